The quantitative estimate of drug-likeness (QED) is 0.819. The molecular formula is C15H19NO2. The van der Waals surface area contributed by atoms with Crippen molar-refractivity contribution < 1.29 is 9.84 Å². The average Bonchev–Trinajstić information content (AvgIpc) is 2.43. The standard InChI is InChI=1S/C15H19NO2/c1-16-13(9-10-17)11-18-15-8-4-6-12-5-2-3-7-14(12)15/h2-8,13,16-17H,9-11H2,1H3. The van der Waals surface area contributed by atoms with Gasteiger partial charge in [0.1, 0.15) is 12.4 Å². The maximum Gasteiger partial charge on any atom is 0.127 e. The van der Waals surface area contributed by atoms with E-state index in [0.29, 0.717) is 13.0 Å². The molecule has 2 aromatic carbocycles. The van der Waals surface area contributed by atoms with E-state index >= 15 is 0 Å². The van der Waals surface area contributed by atoms with Crippen molar-refractivity contribution >= 4 is 10.8 Å². The molecule has 1 unspecified atom stereocenters. The largest absolute Gasteiger partial charge is 0.491 e. The second-order valence-corrected chi connectivity index (χ2v) is 4.29. The number of hydrogen-bond donors (Lipinski definition) is 2. The van der Waals surface area contributed by atoms with Gasteiger partial charge < -0.3 is 15.2 Å². The SMILES string of the molecule is CNC(CCO)COc1cccc2ccccc12. The minimum Gasteiger partial charge on any atom is -0.491 e. The van der Waals surface area contributed by atoms with Crippen LogP contribution in [0.25, 0.3) is 10.8 Å². The first-order valence-electron chi connectivity index (χ1n) is 6.24. The number of nitrogens with one attached hydrogen (secondary N) is 1. The molecule has 0 amide bonds. The van der Waals surface area contributed by atoms with Gasteiger partial charge in [-0.25, -0.2) is 0 Å². The summed E-state index contributed by atoms with van der Waals surface area (Å²) in [4.78, 5) is 0. The van der Waals surface area contributed by atoms with Gasteiger partial charge in [-0.3, -0.25) is 0 Å². The summed E-state index contributed by atoms with van der Waals surface area (Å²) in [7, 11) is 1.88. The molecule has 0 heterocycles. The van der Waals surface area contributed by atoms with Crippen LogP contribution < -0.4 is 10.1 Å². The van der Waals surface area contributed by atoms with Crippen LogP contribution in [-0.2, 0) is 0 Å². The van der Waals surface area contributed by atoms with Gasteiger partial charge in [0.05, 0.1) is 0 Å². The monoisotopic (exact) mass is 245 g/mol. The van der Waals surface area contributed by atoms with Gasteiger partial charge in [0.2, 0.25) is 0 Å². The van der Waals surface area contributed by atoms with Crippen LogP contribution in [0.2, 0.25) is 0 Å². The molecule has 2 aromatic rings. The van der Waals surface area contributed by atoms with Crippen molar-refractivity contribution in [3.05, 3.63) is 42.5 Å². The maximum absolute atomic E-state index is 8.94. The number of fused-ring (bicyclic) bond motifs is 1. The second-order valence-electron chi connectivity index (χ2n) is 4.29. The Kier molecular flexibility index (Phi) is 4.56. The average molecular weight is 245 g/mol. The summed E-state index contributed by atoms with van der Waals surface area (Å²) in [6.07, 6.45) is 0.696. The van der Waals surface area contributed by atoms with Gasteiger partial charge in [-0.2, -0.15) is 0 Å². The van der Waals surface area contributed by atoms with Gasteiger partial charge >= 0.3 is 0 Å². The zero-order valence-electron chi connectivity index (χ0n) is 10.6. The molecule has 18 heavy (non-hydrogen) atoms. The normalized spacial score (nSPS) is 12.6. The van der Waals surface area contributed by atoms with Crippen LogP contribution in [0, 0.1) is 0 Å². The lowest BCUT2D eigenvalue weighted by atomic mass is 10.1. The van der Waals surface area contributed by atoms with E-state index in [1.165, 1.54) is 5.39 Å². The summed E-state index contributed by atoms with van der Waals surface area (Å²) in [5.74, 6) is 0.895. The third-order valence-electron chi connectivity index (χ3n) is 3.08. The van der Waals surface area contributed by atoms with Gasteiger partial charge in [0, 0.05) is 18.0 Å². The molecular weight excluding hydrogens is 226 g/mol. The van der Waals surface area contributed by atoms with E-state index in [1.54, 1.807) is 0 Å². The Hall–Kier alpha value is -1.58. The smallest absolute Gasteiger partial charge is 0.127 e. The van der Waals surface area contributed by atoms with E-state index in [-0.39, 0.29) is 12.6 Å². The molecule has 3 heteroatoms. The Labute approximate surface area is 107 Å². The van der Waals surface area contributed by atoms with Gasteiger partial charge in [-0.1, -0.05) is 36.4 Å². The Morgan fingerprint density at radius 3 is 2.72 bits per heavy atom. The molecule has 0 fully saturated rings. The van der Waals surface area contributed by atoms with E-state index in [1.807, 2.05) is 31.3 Å². The third kappa shape index (κ3) is 3.00. The van der Waals surface area contributed by atoms with Crippen molar-refractivity contribution in [3.8, 4) is 5.75 Å². The Morgan fingerprint density at radius 2 is 1.94 bits per heavy atom. The van der Waals surface area contributed by atoms with E-state index < -0.39 is 0 Å². The summed E-state index contributed by atoms with van der Waals surface area (Å²) < 4.78 is 5.85. The molecule has 2 rings (SSSR count). The lowest BCUT2D eigenvalue weighted by molar-refractivity contribution is 0.220. The van der Waals surface area contributed by atoms with Crippen LogP contribution in [0.15, 0.2) is 42.5 Å². The van der Waals surface area contributed by atoms with Crippen LogP contribution in [-0.4, -0.2) is 31.4 Å². The van der Waals surface area contributed by atoms with Crippen molar-refractivity contribution in [2.24, 2.45) is 0 Å². The molecule has 0 aromatic heterocycles. The molecule has 0 aliphatic carbocycles. The van der Waals surface area contributed by atoms with E-state index in [4.69, 9.17) is 9.84 Å². The number of hydrogen-bond acceptors (Lipinski definition) is 3. The molecule has 0 aliphatic rings. The highest BCUT2D eigenvalue weighted by molar-refractivity contribution is 5.88. The van der Waals surface area contributed by atoms with Crippen LogP contribution >= 0.6 is 0 Å². The van der Waals surface area contributed by atoms with E-state index in [0.717, 1.165) is 11.1 Å². The number of aliphatic hydroxyl groups is 1. The number of ether oxygens (including phenoxy) is 1. The van der Waals surface area contributed by atoms with Gasteiger partial charge in [-0.05, 0) is 24.9 Å². The second kappa shape index (κ2) is 6.38. The molecule has 3 nitrogen and oxygen atoms in total. The van der Waals surface area contributed by atoms with Crippen LogP contribution in [0.3, 0.4) is 0 Å². The molecule has 0 saturated heterocycles. The van der Waals surface area contributed by atoms with Crippen LogP contribution in [0.1, 0.15) is 6.42 Å². The molecule has 1 atom stereocenters. The summed E-state index contributed by atoms with van der Waals surface area (Å²) in [6.45, 7) is 0.732. The fourth-order valence-electron chi connectivity index (χ4n) is 1.98. The van der Waals surface area contributed by atoms with Crippen LogP contribution in [0.5, 0.6) is 5.75 Å². The maximum atomic E-state index is 8.94. The molecule has 2 N–H and O–H groups in total. The Balaban J connectivity index is 2.11. The van der Waals surface area contributed by atoms with Gasteiger partial charge in [0.25, 0.3) is 0 Å². The molecule has 96 valence electrons. The predicted molar refractivity (Wildman–Crippen MR) is 74.0 cm³/mol. The summed E-state index contributed by atoms with van der Waals surface area (Å²) in [5.41, 5.74) is 0. The molecule has 0 saturated carbocycles. The third-order valence-corrected chi connectivity index (χ3v) is 3.08. The number of likely N-dealkylation sites (N-methyl/N-ethyl adjacent to an activating group) is 1. The molecule has 0 spiro atoms. The lowest BCUT2D eigenvalue weighted by Gasteiger charge is -2.16. The summed E-state index contributed by atoms with van der Waals surface area (Å²) >= 11 is 0. The molecule has 0 aliphatic heterocycles. The summed E-state index contributed by atoms with van der Waals surface area (Å²) in [5, 5.41) is 14.4. The number of benzene rings is 2. The minimum atomic E-state index is 0.171. The van der Waals surface area contributed by atoms with Crippen molar-refractivity contribution in [1.29, 1.82) is 0 Å². The first kappa shape index (κ1) is 12.9. The highest BCUT2D eigenvalue weighted by Gasteiger charge is 2.07. The topological polar surface area (TPSA) is 41.5 Å². The first-order chi connectivity index (χ1) is 8.85. The zero-order chi connectivity index (χ0) is 12.8. The van der Waals surface area contributed by atoms with Crippen molar-refractivity contribution in [2.45, 2.75) is 12.5 Å². The van der Waals surface area contributed by atoms with E-state index in [9.17, 15) is 0 Å². The zero-order valence-corrected chi connectivity index (χ0v) is 10.6. The molecule has 0 radical (unpaired) electrons. The number of rotatable bonds is 6. The minimum absolute atomic E-state index is 0.171. The highest BCUT2D eigenvalue weighted by Crippen LogP contribution is 2.25. The van der Waals surface area contributed by atoms with Crippen molar-refractivity contribution in [3.63, 3.8) is 0 Å². The van der Waals surface area contributed by atoms with Crippen molar-refractivity contribution in [2.75, 3.05) is 20.3 Å². The van der Waals surface area contributed by atoms with Crippen LogP contribution in [0.4, 0.5) is 0 Å². The Bertz CT molecular complexity index is 493. The number of aliphatic hydroxyl groups excluding tert-OH is 1. The van der Waals surface area contributed by atoms with Gasteiger partial charge in [0.15, 0.2) is 0 Å². The van der Waals surface area contributed by atoms with Gasteiger partial charge in [-0.15, -0.1) is 0 Å². The Morgan fingerprint density at radius 1 is 1.17 bits per heavy atom. The van der Waals surface area contributed by atoms with E-state index in [2.05, 4.69) is 23.5 Å². The molecule has 0 bridgehead atoms. The summed E-state index contributed by atoms with van der Waals surface area (Å²) in [6, 6.07) is 14.4. The van der Waals surface area contributed by atoms with Crippen molar-refractivity contribution in [1.82, 2.24) is 5.32 Å². The fraction of sp³-hybridized carbons (Fsp3) is 0.333. The first-order valence-corrected chi connectivity index (χ1v) is 6.24. The predicted octanol–water partition coefficient (Wildman–Crippen LogP) is 2.19. The fourth-order valence-corrected chi connectivity index (χ4v) is 1.98. The highest BCUT2D eigenvalue weighted by atomic mass is 16.5. The lowest BCUT2D eigenvalue weighted by Crippen LogP contribution is -2.32.